The van der Waals surface area contributed by atoms with Crippen LogP contribution in [0, 0.1) is 11.3 Å². The molecule has 0 N–H and O–H groups in total. The quantitative estimate of drug-likeness (QED) is 0.161. The number of rotatable bonds is 7. The largest absolute Gasteiger partial charge is 0.208 e. The average Bonchev–Trinajstić information content (AvgIpc) is 3.71. The van der Waals surface area contributed by atoms with Gasteiger partial charge in [0.25, 0.3) is 0 Å². The molecule has 0 saturated heterocycles. The van der Waals surface area contributed by atoms with Crippen LogP contribution in [0.25, 0.3) is 122 Å². The molecule has 4 heteroatoms. The van der Waals surface area contributed by atoms with E-state index in [1.807, 2.05) is 72.8 Å². The summed E-state index contributed by atoms with van der Waals surface area (Å²) in [7, 11) is 0. The predicted molar refractivity (Wildman–Crippen MR) is 262 cm³/mol. The molecule has 0 unspecified atom stereocenters. The smallest absolute Gasteiger partial charge is 0.164 e. The van der Waals surface area contributed by atoms with E-state index in [0.717, 1.165) is 66.8 Å². The van der Waals surface area contributed by atoms with Gasteiger partial charge in [0, 0.05) is 22.3 Å². The van der Waals surface area contributed by atoms with Crippen molar-refractivity contribution in [2.45, 2.75) is 0 Å². The van der Waals surface area contributed by atoms with E-state index in [1.54, 1.807) is 0 Å². The van der Waals surface area contributed by atoms with Gasteiger partial charge in [-0.3, -0.25) is 0 Å². The van der Waals surface area contributed by atoms with Gasteiger partial charge in [0.2, 0.25) is 0 Å². The van der Waals surface area contributed by atoms with Crippen LogP contribution >= 0.6 is 0 Å². The second-order valence-corrected chi connectivity index (χ2v) is 16.2. The summed E-state index contributed by atoms with van der Waals surface area (Å²) >= 11 is 0. The summed E-state index contributed by atoms with van der Waals surface area (Å²) < 4.78 is 0. The molecule has 0 radical (unpaired) electrons. The Kier molecular flexibility index (Phi) is 8.84. The van der Waals surface area contributed by atoms with Crippen LogP contribution in [0.15, 0.2) is 218 Å². The van der Waals surface area contributed by atoms with Gasteiger partial charge in [-0.05, 0) is 88.8 Å². The van der Waals surface area contributed by atoms with Gasteiger partial charge in [-0.1, -0.05) is 212 Å². The van der Waals surface area contributed by atoms with Gasteiger partial charge < -0.3 is 0 Å². The summed E-state index contributed by atoms with van der Waals surface area (Å²) in [6.07, 6.45) is 0. The monoisotopic (exact) mass is 812 g/mol. The Labute approximate surface area is 371 Å². The maximum Gasteiger partial charge on any atom is 0.164 e. The van der Waals surface area contributed by atoms with Crippen LogP contribution < -0.4 is 0 Å². The topological polar surface area (TPSA) is 62.5 Å². The lowest BCUT2D eigenvalue weighted by Crippen LogP contribution is -2.00. The first-order chi connectivity index (χ1) is 31.7. The fourth-order valence-corrected chi connectivity index (χ4v) is 9.65. The number of hydrogen-bond donors (Lipinski definition) is 0. The molecule has 1 aliphatic rings. The molecule has 296 valence electrons. The average molecular weight is 813 g/mol. The zero-order valence-corrected chi connectivity index (χ0v) is 34.6. The summed E-state index contributed by atoms with van der Waals surface area (Å²) in [4.78, 5) is 14.9. The molecule has 4 nitrogen and oxygen atoms in total. The van der Waals surface area contributed by atoms with Crippen LogP contribution in [-0.4, -0.2) is 15.0 Å². The van der Waals surface area contributed by atoms with Gasteiger partial charge >= 0.3 is 0 Å². The second-order valence-electron chi connectivity index (χ2n) is 16.2. The lowest BCUT2D eigenvalue weighted by Gasteiger charge is -2.18. The third-order valence-corrected chi connectivity index (χ3v) is 12.5. The van der Waals surface area contributed by atoms with E-state index in [2.05, 4.69) is 152 Å². The Hall–Kier alpha value is -8.78. The standard InChI is InChI=1S/C60H36N4/c61-37-45-36-52(38-16-5-1-6-17-38)56-51-35-34-49(48-26-15-27-50(55(48)51)57(56)53(45)41-19-7-2-8-20-41)54-46-25-14-13-18-39(46)32-33-47(54)40-28-30-44(31-29-40)60-63-58(42-21-9-3-10-22-42)62-59(64-60)43-23-11-4-12-24-43/h1-36H. The van der Waals surface area contributed by atoms with E-state index in [4.69, 9.17) is 15.0 Å². The molecule has 0 fully saturated rings. The van der Waals surface area contributed by atoms with Crippen molar-refractivity contribution in [2.75, 3.05) is 0 Å². The molecule has 12 rings (SSSR count). The first-order valence-corrected chi connectivity index (χ1v) is 21.5. The van der Waals surface area contributed by atoms with E-state index in [9.17, 15) is 5.26 Å². The third kappa shape index (κ3) is 6.10. The van der Waals surface area contributed by atoms with E-state index < -0.39 is 0 Å². The van der Waals surface area contributed by atoms with Crippen molar-refractivity contribution in [3.05, 3.63) is 224 Å². The van der Waals surface area contributed by atoms with Gasteiger partial charge in [-0.25, -0.2) is 15.0 Å². The maximum absolute atomic E-state index is 10.8. The van der Waals surface area contributed by atoms with Crippen LogP contribution in [-0.2, 0) is 0 Å². The van der Waals surface area contributed by atoms with Crippen LogP contribution in [0.2, 0.25) is 0 Å². The Bertz CT molecular complexity index is 3580. The van der Waals surface area contributed by atoms with Crippen LogP contribution in [0.4, 0.5) is 0 Å². The first-order valence-electron chi connectivity index (χ1n) is 21.5. The molecule has 1 aromatic heterocycles. The molecular formula is C60H36N4. The molecule has 0 aliphatic heterocycles. The Balaban J connectivity index is 1.05. The lowest BCUT2D eigenvalue weighted by molar-refractivity contribution is 1.07. The van der Waals surface area contributed by atoms with Gasteiger partial charge in [0.05, 0.1) is 11.6 Å². The lowest BCUT2D eigenvalue weighted by atomic mass is 9.84. The first kappa shape index (κ1) is 37.0. The highest BCUT2D eigenvalue weighted by atomic mass is 15.0. The normalized spacial score (nSPS) is 11.4. The van der Waals surface area contributed by atoms with E-state index in [-0.39, 0.29) is 0 Å². The SMILES string of the molecule is N#Cc1cc(-c2ccccc2)c2c(c1-c1ccccc1)-c1cccc3c(-c4c(-c5ccc(-c6nc(-c7ccccc7)nc(-c7ccccc7)n6)cc5)ccc5ccccc45)ccc-2c13. The Morgan fingerprint density at radius 1 is 0.297 bits per heavy atom. The maximum atomic E-state index is 10.8. The van der Waals surface area contributed by atoms with Gasteiger partial charge in [-0.2, -0.15) is 5.26 Å². The van der Waals surface area contributed by atoms with E-state index in [1.165, 1.54) is 38.2 Å². The number of nitrogens with zero attached hydrogens (tertiary/aromatic N) is 4. The number of hydrogen-bond acceptors (Lipinski definition) is 4. The summed E-state index contributed by atoms with van der Waals surface area (Å²) in [5, 5.41) is 15.5. The molecule has 0 bridgehead atoms. The fraction of sp³-hybridized carbons (Fsp3) is 0. The molecule has 10 aromatic carbocycles. The zero-order valence-electron chi connectivity index (χ0n) is 34.6. The number of fused-ring (bicyclic) bond motifs is 4. The molecule has 1 aliphatic carbocycles. The highest BCUT2D eigenvalue weighted by Gasteiger charge is 2.31. The summed E-state index contributed by atoms with van der Waals surface area (Å²) in [5.74, 6) is 1.89. The van der Waals surface area contributed by atoms with Crippen LogP contribution in [0.3, 0.4) is 0 Å². The zero-order chi connectivity index (χ0) is 42.6. The molecule has 0 saturated carbocycles. The van der Waals surface area contributed by atoms with Crippen molar-refractivity contribution in [3.8, 4) is 107 Å². The van der Waals surface area contributed by atoms with Crippen molar-refractivity contribution >= 4 is 21.5 Å². The highest BCUT2D eigenvalue weighted by molar-refractivity contribution is 6.25. The van der Waals surface area contributed by atoms with Gasteiger partial charge in [-0.15, -0.1) is 0 Å². The minimum atomic E-state index is 0.620. The minimum Gasteiger partial charge on any atom is -0.208 e. The molecule has 0 amide bonds. The van der Waals surface area contributed by atoms with Crippen molar-refractivity contribution in [3.63, 3.8) is 0 Å². The summed E-state index contributed by atoms with van der Waals surface area (Å²) in [5.41, 5.74) is 16.8. The van der Waals surface area contributed by atoms with Crippen molar-refractivity contribution in [2.24, 2.45) is 0 Å². The molecule has 0 atom stereocenters. The van der Waals surface area contributed by atoms with Crippen molar-refractivity contribution in [1.82, 2.24) is 15.0 Å². The molecular weight excluding hydrogens is 777 g/mol. The number of nitriles is 1. The third-order valence-electron chi connectivity index (χ3n) is 12.5. The Morgan fingerprint density at radius 3 is 1.39 bits per heavy atom. The highest BCUT2D eigenvalue weighted by Crippen LogP contribution is 2.57. The van der Waals surface area contributed by atoms with Crippen LogP contribution in [0.1, 0.15) is 5.56 Å². The van der Waals surface area contributed by atoms with Gasteiger partial charge in [0.1, 0.15) is 0 Å². The fourth-order valence-electron chi connectivity index (χ4n) is 9.65. The molecule has 64 heavy (non-hydrogen) atoms. The van der Waals surface area contributed by atoms with Crippen molar-refractivity contribution in [1.29, 1.82) is 5.26 Å². The molecule has 0 spiro atoms. The molecule has 11 aromatic rings. The van der Waals surface area contributed by atoms with Crippen LogP contribution in [0.5, 0.6) is 0 Å². The molecule has 1 heterocycles. The minimum absolute atomic E-state index is 0.620. The number of benzene rings is 10. The van der Waals surface area contributed by atoms with E-state index >= 15 is 0 Å². The predicted octanol–water partition coefficient (Wildman–Crippen LogP) is 15.4. The number of aromatic nitrogens is 3. The Morgan fingerprint density at radius 2 is 0.766 bits per heavy atom. The summed E-state index contributed by atoms with van der Waals surface area (Å²) in [6, 6.07) is 78.8. The summed E-state index contributed by atoms with van der Waals surface area (Å²) in [6.45, 7) is 0. The second kappa shape index (κ2) is 15.3. The van der Waals surface area contributed by atoms with E-state index in [0.29, 0.717) is 23.0 Å². The van der Waals surface area contributed by atoms with Crippen molar-refractivity contribution < 1.29 is 0 Å². The van der Waals surface area contributed by atoms with Gasteiger partial charge in [0.15, 0.2) is 17.5 Å².